The van der Waals surface area contributed by atoms with Crippen molar-refractivity contribution in [1.29, 1.82) is 0 Å². The van der Waals surface area contributed by atoms with E-state index in [0.29, 0.717) is 17.4 Å². The second kappa shape index (κ2) is 7.95. The fourth-order valence-corrected chi connectivity index (χ4v) is 3.30. The summed E-state index contributed by atoms with van der Waals surface area (Å²) < 4.78 is 0. The molecular weight excluding hydrogens is 302 g/mol. The smallest absolute Gasteiger partial charge is 0.152 e. The maximum Gasteiger partial charge on any atom is 0.152 e. The molecule has 128 valence electrons. The number of nitrogens with zero attached hydrogens (tertiary/aromatic N) is 2. The van der Waals surface area contributed by atoms with Crippen molar-refractivity contribution in [3.05, 3.63) is 40.6 Å². The maximum atomic E-state index is 10.6. The standard InChI is InChI=1S/C18H25N5O/c1-13-7-8-15(12-19-13)16-9-10-17(22-23-24)18(21-16)20-11-14-5-3-2-4-6-14/h7-10,14,19H,2-6,11-12H2,1H3,(H,20,21)(H,22,24). The SMILES string of the molecule is CC1=CC=C(c2ccc(NN=O)c(NCC3CCCCC3)n2)CN1. The van der Waals surface area contributed by atoms with Crippen LogP contribution in [0.3, 0.4) is 0 Å². The minimum atomic E-state index is 0.626. The normalized spacial score (nSPS) is 18.2. The van der Waals surface area contributed by atoms with Gasteiger partial charge in [-0.3, -0.25) is 0 Å². The Balaban J connectivity index is 1.76. The Hall–Kier alpha value is -2.37. The van der Waals surface area contributed by atoms with Crippen molar-refractivity contribution in [2.75, 3.05) is 23.8 Å². The van der Waals surface area contributed by atoms with E-state index in [1.165, 1.54) is 32.1 Å². The van der Waals surface area contributed by atoms with Crippen molar-refractivity contribution < 1.29 is 0 Å². The molecule has 24 heavy (non-hydrogen) atoms. The van der Waals surface area contributed by atoms with Gasteiger partial charge in [0.15, 0.2) is 5.82 Å². The van der Waals surface area contributed by atoms with E-state index in [2.05, 4.69) is 33.5 Å². The lowest BCUT2D eigenvalue weighted by Crippen LogP contribution is -2.20. The van der Waals surface area contributed by atoms with E-state index < -0.39 is 0 Å². The number of nitroso groups, excluding NO2 is 1. The van der Waals surface area contributed by atoms with Gasteiger partial charge in [-0.05, 0) is 49.5 Å². The predicted molar refractivity (Wildman–Crippen MR) is 98.5 cm³/mol. The highest BCUT2D eigenvalue weighted by atomic mass is 16.3. The number of hydrogen-bond acceptors (Lipinski definition) is 5. The first-order chi connectivity index (χ1) is 11.8. The monoisotopic (exact) mass is 327 g/mol. The third-order valence-corrected chi connectivity index (χ3v) is 4.77. The summed E-state index contributed by atoms with van der Waals surface area (Å²) in [6.45, 7) is 3.69. The minimum absolute atomic E-state index is 0.626. The molecule has 0 spiro atoms. The summed E-state index contributed by atoms with van der Waals surface area (Å²) in [6, 6.07) is 3.78. The Morgan fingerprint density at radius 2 is 2.08 bits per heavy atom. The van der Waals surface area contributed by atoms with Gasteiger partial charge in [0, 0.05) is 18.8 Å². The third-order valence-electron chi connectivity index (χ3n) is 4.77. The Labute approximate surface area is 142 Å². The Morgan fingerprint density at radius 3 is 2.79 bits per heavy atom. The number of aromatic nitrogens is 1. The lowest BCUT2D eigenvalue weighted by Gasteiger charge is -2.23. The molecule has 1 aromatic rings. The molecule has 0 atom stereocenters. The van der Waals surface area contributed by atoms with Gasteiger partial charge in [-0.15, -0.1) is 4.91 Å². The van der Waals surface area contributed by atoms with Gasteiger partial charge in [0.1, 0.15) is 5.69 Å². The molecule has 1 aliphatic carbocycles. The van der Waals surface area contributed by atoms with E-state index in [0.717, 1.165) is 30.1 Å². The van der Waals surface area contributed by atoms with E-state index in [9.17, 15) is 4.91 Å². The van der Waals surface area contributed by atoms with Crippen molar-refractivity contribution in [3.8, 4) is 0 Å². The molecule has 1 fully saturated rings. The van der Waals surface area contributed by atoms with Crippen molar-refractivity contribution >= 4 is 17.1 Å². The van der Waals surface area contributed by atoms with Crippen molar-refractivity contribution in [1.82, 2.24) is 10.3 Å². The van der Waals surface area contributed by atoms with Crippen LogP contribution in [0.1, 0.15) is 44.7 Å². The van der Waals surface area contributed by atoms with Crippen LogP contribution in [0.15, 0.2) is 35.3 Å². The zero-order chi connectivity index (χ0) is 16.8. The number of anilines is 2. The Kier molecular flexibility index (Phi) is 5.46. The summed E-state index contributed by atoms with van der Waals surface area (Å²) in [5.74, 6) is 1.38. The summed E-state index contributed by atoms with van der Waals surface area (Å²) in [4.78, 5) is 15.3. The zero-order valence-corrected chi connectivity index (χ0v) is 14.1. The fourth-order valence-electron chi connectivity index (χ4n) is 3.30. The molecule has 1 aliphatic heterocycles. The first kappa shape index (κ1) is 16.5. The van der Waals surface area contributed by atoms with Crippen LogP contribution in [0.5, 0.6) is 0 Å². The summed E-state index contributed by atoms with van der Waals surface area (Å²) in [5, 5.41) is 9.54. The minimum Gasteiger partial charge on any atom is -0.384 e. The summed E-state index contributed by atoms with van der Waals surface area (Å²) in [6.07, 6.45) is 10.6. The lowest BCUT2D eigenvalue weighted by atomic mass is 9.89. The molecule has 0 aromatic carbocycles. The van der Waals surface area contributed by atoms with Gasteiger partial charge < -0.3 is 10.6 Å². The molecule has 1 aromatic heterocycles. The molecule has 3 rings (SSSR count). The van der Waals surface area contributed by atoms with E-state index in [1.54, 1.807) is 0 Å². The average Bonchev–Trinajstić information content (AvgIpc) is 2.63. The van der Waals surface area contributed by atoms with Crippen LogP contribution in [-0.2, 0) is 0 Å². The highest BCUT2D eigenvalue weighted by Crippen LogP contribution is 2.27. The van der Waals surface area contributed by atoms with Gasteiger partial charge in [-0.25, -0.2) is 10.4 Å². The largest absolute Gasteiger partial charge is 0.384 e. The second-order valence-corrected chi connectivity index (χ2v) is 6.58. The molecule has 0 unspecified atom stereocenters. The fraction of sp³-hybridized carbons (Fsp3) is 0.500. The first-order valence-corrected chi connectivity index (χ1v) is 8.71. The molecule has 3 N–H and O–H groups in total. The van der Waals surface area contributed by atoms with E-state index in [-0.39, 0.29) is 0 Å². The Bertz CT molecular complexity index is 647. The molecule has 6 nitrogen and oxygen atoms in total. The summed E-state index contributed by atoms with van der Waals surface area (Å²) in [5.41, 5.74) is 6.32. The van der Waals surface area contributed by atoms with Crippen LogP contribution in [0.4, 0.5) is 11.5 Å². The number of hydrogen-bond donors (Lipinski definition) is 3. The van der Waals surface area contributed by atoms with Gasteiger partial charge in [0.25, 0.3) is 0 Å². The van der Waals surface area contributed by atoms with E-state index in [4.69, 9.17) is 4.98 Å². The van der Waals surface area contributed by atoms with Crippen LogP contribution in [0, 0.1) is 10.8 Å². The number of allylic oxidation sites excluding steroid dienone is 3. The quantitative estimate of drug-likeness (QED) is 0.542. The van der Waals surface area contributed by atoms with E-state index >= 15 is 0 Å². The first-order valence-electron chi connectivity index (χ1n) is 8.71. The Morgan fingerprint density at radius 1 is 1.25 bits per heavy atom. The molecule has 2 aliphatic rings. The van der Waals surface area contributed by atoms with E-state index in [1.807, 2.05) is 19.1 Å². The summed E-state index contributed by atoms with van der Waals surface area (Å²) in [7, 11) is 0. The number of rotatable bonds is 6. The summed E-state index contributed by atoms with van der Waals surface area (Å²) >= 11 is 0. The van der Waals surface area contributed by atoms with Crippen LogP contribution >= 0.6 is 0 Å². The topological polar surface area (TPSA) is 78.4 Å². The lowest BCUT2D eigenvalue weighted by molar-refractivity contribution is 0.373. The number of dihydropyridines is 1. The van der Waals surface area contributed by atoms with Gasteiger partial charge in [0.2, 0.25) is 0 Å². The van der Waals surface area contributed by atoms with Gasteiger partial charge in [0.05, 0.1) is 11.0 Å². The molecular formula is C18H25N5O. The zero-order valence-electron chi connectivity index (χ0n) is 14.1. The van der Waals surface area contributed by atoms with Crippen LogP contribution < -0.4 is 16.1 Å². The van der Waals surface area contributed by atoms with Crippen molar-refractivity contribution in [3.63, 3.8) is 0 Å². The van der Waals surface area contributed by atoms with Crippen LogP contribution in [0.25, 0.3) is 5.57 Å². The molecule has 6 heteroatoms. The average molecular weight is 327 g/mol. The van der Waals surface area contributed by atoms with Crippen LogP contribution in [0.2, 0.25) is 0 Å². The molecule has 0 radical (unpaired) electrons. The predicted octanol–water partition coefficient (Wildman–Crippen LogP) is 4.06. The van der Waals surface area contributed by atoms with Gasteiger partial charge in [-0.2, -0.15) is 0 Å². The molecule has 0 bridgehead atoms. The van der Waals surface area contributed by atoms with Crippen LogP contribution in [-0.4, -0.2) is 18.1 Å². The van der Waals surface area contributed by atoms with Crippen molar-refractivity contribution in [2.45, 2.75) is 39.0 Å². The third kappa shape index (κ3) is 4.13. The molecule has 2 heterocycles. The molecule has 0 saturated heterocycles. The molecule has 1 saturated carbocycles. The number of nitrogens with one attached hydrogen (secondary N) is 3. The highest BCUT2D eigenvalue weighted by molar-refractivity contribution is 5.73. The maximum absolute atomic E-state index is 10.6. The molecule has 0 amide bonds. The highest BCUT2D eigenvalue weighted by Gasteiger charge is 2.15. The van der Waals surface area contributed by atoms with Crippen molar-refractivity contribution in [2.24, 2.45) is 11.2 Å². The van der Waals surface area contributed by atoms with Gasteiger partial charge >= 0.3 is 0 Å². The van der Waals surface area contributed by atoms with Gasteiger partial charge in [-0.1, -0.05) is 25.3 Å². The second-order valence-electron chi connectivity index (χ2n) is 6.58. The number of pyridine rings is 1.